The number of aromatic nitrogens is 4. The topological polar surface area (TPSA) is 160 Å². The van der Waals surface area contributed by atoms with E-state index in [4.69, 9.17) is 9.47 Å². The monoisotopic (exact) mass is 496 g/mol. The van der Waals surface area contributed by atoms with Gasteiger partial charge in [0.05, 0.1) is 18.7 Å². The first-order chi connectivity index (χ1) is 16.2. The third-order valence-electron chi connectivity index (χ3n) is 6.79. The van der Waals surface area contributed by atoms with Crippen LogP contribution in [0.3, 0.4) is 0 Å². The van der Waals surface area contributed by atoms with Crippen LogP contribution in [-0.2, 0) is 14.3 Å². The molecule has 7 atom stereocenters. The predicted molar refractivity (Wildman–Crippen MR) is 123 cm³/mol. The Kier molecular flexibility index (Phi) is 7.63. The van der Waals surface area contributed by atoms with Gasteiger partial charge in [-0.05, 0) is 30.6 Å². The summed E-state index contributed by atoms with van der Waals surface area (Å²) in [6.07, 6.45) is -0.835. The number of fused-ring (bicyclic) bond motifs is 1. The van der Waals surface area contributed by atoms with Crippen LogP contribution in [0.2, 0.25) is 0 Å². The van der Waals surface area contributed by atoms with Crippen molar-refractivity contribution in [3.8, 4) is 0 Å². The third-order valence-corrected chi connectivity index (χ3v) is 7.71. The highest BCUT2D eigenvalue weighted by Crippen LogP contribution is 2.37. The quantitative estimate of drug-likeness (QED) is 0.319. The number of nitrogens with one attached hydrogen (secondary N) is 1. The molecule has 1 aliphatic heterocycles. The van der Waals surface area contributed by atoms with E-state index in [2.05, 4.69) is 35.7 Å². The average molecular weight is 497 g/mol. The number of aromatic amines is 1. The van der Waals surface area contributed by atoms with E-state index in [1.165, 1.54) is 10.9 Å². The molecule has 11 nitrogen and oxygen atoms in total. The predicted octanol–water partition coefficient (Wildman–Crippen LogP) is 0.827. The summed E-state index contributed by atoms with van der Waals surface area (Å²) in [5.74, 6) is 0.764. The van der Waals surface area contributed by atoms with E-state index in [-0.39, 0.29) is 28.2 Å². The van der Waals surface area contributed by atoms with Crippen LogP contribution in [0, 0.1) is 17.8 Å². The minimum absolute atomic E-state index is 0.0112. The normalized spacial score (nSPS) is 31.9. The lowest BCUT2D eigenvalue weighted by molar-refractivity contribution is -0.152. The Balaban J connectivity index is 1.55. The first kappa shape index (κ1) is 25.1. The first-order valence-corrected chi connectivity index (χ1v) is 12.6. The molecule has 3 heterocycles. The van der Waals surface area contributed by atoms with Crippen molar-refractivity contribution in [1.29, 1.82) is 0 Å². The van der Waals surface area contributed by atoms with Crippen molar-refractivity contribution in [3.05, 3.63) is 16.7 Å². The second-order valence-electron chi connectivity index (χ2n) is 9.54. The number of aliphatic hydroxyl groups is 3. The lowest BCUT2D eigenvalue weighted by Crippen LogP contribution is -2.36. The fourth-order valence-electron chi connectivity index (χ4n) is 4.90. The molecule has 2 fully saturated rings. The molecule has 4 rings (SSSR count). The van der Waals surface area contributed by atoms with E-state index in [9.17, 15) is 24.9 Å². The molecular weight excluding hydrogens is 464 g/mol. The molecule has 0 bridgehead atoms. The SMILES string of the molecule is CC1CCC(C(C)C)C(OC(=O)CSc2nc3c(=O)[nH]cnc3n2C2OC(CO)C(O)C2O)C1. The summed E-state index contributed by atoms with van der Waals surface area (Å²) in [7, 11) is 0. The molecule has 1 saturated heterocycles. The zero-order valence-electron chi connectivity index (χ0n) is 19.5. The van der Waals surface area contributed by atoms with Crippen molar-refractivity contribution in [2.45, 2.75) is 75.8 Å². The maximum Gasteiger partial charge on any atom is 0.316 e. The average Bonchev–Trinajstić information content (AvgIpc) is 3.30. The largest absolute Gasteiger partial charge is 0.461 e. The second kappa shape index (κ2) is 10.3. The van der Waals surface area contributed by atoms with Gasteiger partial charge in [-0.15, -0.1) is 0 Å². The Morgan fingerprint density at radius 2 is 2.12 bits per heavy atom. The summed E-state index contributed by atoms with van der Waals surface area (Å²) < 4.78 is 12.9. The van der Waals surface area contributed by atoms with Crippen molar-refractivity contribution < 1.29 is 29.6 Å². The van der Waals surface area contributed by atoms with Crippen molar-refractivity contribution in [1.82, 2.24) is 19.5 Å². The molecule has 7 unspecified atom stereocenters. The summed E-state index contributed by atoms with van der Waals surface area (Å²) in [5.41, 5.74) is -0.344. The Morgan fingerprint density at radius 1 is 1.35 bits per heavy atom. The zero-order valence-corrected chi connectivity index (χ0v) is 20.3. The summed E-state index contributed by atoms with van der Waals surface area (Å²) >= 11 is 1.04. The second-order valence-corrected chi connectivity index (χ2v) is 10.5. The van der Waals surface area contributed by atoms with E-state index in [1.54, 1.807) is 0 Å². The van der Waals surface area contributed by atoms with Crippen LogP contribution in [0.25, 0.3) is 11.2 Å². The molecule has 0 spiro atoms. The molecule has 1 saturated carbocycles. The van der Waals surface area contributed by atoms with Gasteiger partial charge in [-0.3, -0.25) is 14.2 Å². The molecule has 0 amide bonds. The van der Waals surface area contributed by atoms with Crippen LogP contribution < -0.4 is 5.56 Å². The van der Waals surface area contributed by atoms with Gasteiger partial charge in [0.25, 0.3) is 5.56 Å². The molecule has 4 N–H and O–H groups in total. The van der Waals surface area contributed by atoms with Gasteiger partial charge in [0.1, 0.15) is 24.4 Å². The van der Waals surface area contributed by atoms with Gasteiger partial charge in [-0.2, -0.15) is 0 Å². The van der Waals surface area contributed by atoms with Crippen molar-refractivity contribution in [3.63, 3.8) is 0 Å². The smallest absolute Gasteiger partial charge is 0.316 e. The fraction of sp³-hybridized carbons (Fsp3) is 0.727. The number of rotatable bonds is 7. The van der Waals surface area contributed by atoms with Gasteiger partial charge >= 0.3 is 5.97 Å². The summed E-state index contributed by atoms with van der Waals surface area (Å²) in [4.78, 5) is 36.0. The lowest BCUT2D eigenvalue weighted by atomic mass is 9.75. The number of hydrogen-bond donors (Lipinski definition) is 4. The molecule has 2 aromatic rings. The minimum atomic E-state index is -1.39. The van der Waals surface area contributed by atoms with Crippen LogP contribution in [0.1, 0.15) is 46.3 Å². The van der Waals surface area contributed by atoms with E-state index < -0.39 is 42.7 Å². The highest BCUT2D eigenvalue weighted by molar-refractivity contribution is 7.99. The van der Waals surface area contributed by atoms with Crippen LogP contribution in [0.4, 0.5) is 0 Å². The van der Waals surface area contributed by atoms with Crippen molar-refractivity contribution in [2.24, 2.45) is 17.8 Å². The molecule has 34 heavy (non-hydrogen) atoms. The number of H-pyrrole nitrogens is 1. The number of esters is 1. The number of ether oxygens (including phenoxy) is 2. The molecule has 1 aliphatic carbocycles. The first-order valence-electron chi connectivity index (χ1n) is 11.6. The van der Waals surface area contributed by atoms with E-state index >= 15 is 0 Å². The van der Waals surface area contributed by atoms with Crippen molar-refractivity contribution in [2.75, 3.05) is 12.4 Å². The number of carbonyl (C=O) groups is 1. The maximum atomic E-state index is 12.8. The highest BCUT2D eigenvalue weighted by atomic mass is 32.2. The molecule has 188 valence electrons. The Bertz CT molecular complexity index is 1070. The Labute approximate surface area is 200 Å². The lowest BCUT2D eigenvalue weighted by Gasteiger charge is -2.36. The standard InChI is InChI=1S/C22H32N4O7S/c1-10(2)12-5-4-11(3)6-13(12)32-15(28)8-34-22-25-16-19(23-9-24-20(16)31)26(22)21-18(30)17(29)14(7-27)33-21/h9-14,17-18,21,27,29-30H,4-8H2,1-3H3,(H,23,24,31). The van der Waals surface area contributed by atoms with Crippen LogP contribution in [0.5, 0.6) is 0 Å². The molecule has 12 heteroatoms. The van der Waals surface area contributed by atoms with Crippen LogP contribution in [-0.4, -0.2) is 77.6 Å². The Hall–Kier alpha value is -1.99. The van der Waals surface area contributed by atoms with E-state index in [1.807, 2.05) is 0 Å². The summed E-state index contributed by atoms with van der Waals surface area (Å²) in [5, 5.41) is 30.4. The van der Waals surface area contributed by atoms with Gasteiger partial charge in [0.2, 0.25) is 0 Å². The number of carbonyl (C=O) groups excluding carboxylic acids is 1. The molecule has 2 aliphatic rings. The molecule has 0 aromatic carbocycles. The van der Waals surface area contributed by atoms with Crippen molar-refractivity contribution >= 4 is 28.9 Å². The number of hydrogen-bond acceptors (Lipinski definition) is 10. The number of aliphatic hydroxyl groups excluding tert-OH is 3. The molecular formula is C22H32N4O7S. The highest BCUT2D eigenvalue weighted by Gasteiger charge is 2.45. The Morgan fingerprint density at radius 3 is 2.79 bits per heavy atom. The fourth-order valence-corrected chi connectivity index (χ4v) is 5.70. The van der Waals surface area contributed by atoms with Gasteiger partial charge in [0.15, 0.2) is 22.5 Å². The minimum Gasteiger partial charge on any atom is -0.461 e. The van der Waals surface area contributed by atoms with Gasteiger partial charge < -0.3 is 29.8 Å². The number of thioether (sulfide) groups is 1. The molecule has 0 radical (unpaired) electrons. The summed E-state index contributed by atoms with van der Waals surface area (Å²) in [6, 6.07) is 0. The van der Waals surface area contributed by atoms with Crippen LogP contribution >= 0.6 is 11.8 Å². The van der Waals surface area contributed by atoms with Gasteiger partial charge in [-0.1, -0.05) is 39.0 Å². The number of imidazole rings is 1. The van der Waals surface area contributed by atoms with E-state index in [0.717, 1.165) is 31.0 Å². The summed E-state index contributed by atoms with van der Waals surface area (Å²) in [6.45, 7) is 5.95. The third kappa shape index (κ3) is 4.87. The van der Waals surface area contributed by atoms with E-state index in [0.29, 0.717) is 17.8 Å². The zero-order chi connectivity index (χ0) is 24.6. The van der Waals surface area contributed by atoms with Gasteiger partial charge in [-0.25, -0.2) is 9.97 Å². The van der Waals surface area contributed by atoms with Crippen LogP contribution in [0.15, 0.2) is 16.3 Å². The van der Waals surface area contributed by atoms with Gasteiger partial charge in [0, 0.05) is 0 Å². The number of nitrogens with zero attached hydrogens (tertiary/aromatic N) is 3. The molecule has 2 aromatic heterocycles. The maximum absolute atomic E-state index is 12.8.